The number of carboxylic acids is 2. The van der Waals surface area contributed by atoms with Gasteiger partial charge in [0.1, 0.15) is 30.3 Å². The monoisotopic (exact) mass is 1050 g/mol. The summed E-state index contributed by atoms with van der Waals surface area (Å²) in [6, 6.07) is 7.90. The van der Waals surface area contributed by atoms with Crippen LogP contribution >= 0.6 is 0 Å². The molecule has 0 aliphatic carbocycles. The molecule has 408 valence electrons. The molecule has 7 amide bonds. The Morgan fingerprint density at radius 2 is 1.44 bits per heavy atom. The minimum Gasteiger partial charge on any atom is -0.481 e. The van der Waals surface area contributed by atoms with Crippen LogP contribution in [0.3, 0.4) is 0 Å². The molecule has 24 heteroatoms. The Balaban J connectivity index is 2.06. The van der Waals surface area contributed by atoms with Crippen molar-refractivity contribution in [1.82, 2.24) is 36.1 Å². The summed E-state index contributed by atoms with van der Waals surface area (Å²) in [7, 11) is 0. The number of nitrogens with two attached hydrogens (primary N) is 1. The number of benzene rings is 2. The molecule has 0 radical (unpaired) electrons. The van der Waals surface area contributed by atoms with E-state index in [9.17, 15) is 67.3 Å². The number of carboxylic acid groups (broad SMARTS) is 2. The van der Waals surface area contributed by atoms with E-state index in [-0.39, 0.29) is 43.5 Å². The zero-order valence-electron chi connectivity index (χ0n) is 42.4. The average molecular weight is 1050 g/mol. The molecule has 3 rings (SSSR count). The van der Waals surface area contributed by atoms with Crippen LogP contribution in [0.2, 0.25) is 0 Å². The lowest BCUT2D eigenvalue weighted by Gasteiger charge is -2.41. The molecule has 0 saturated carbocycles. The number of amides is 7. The number of hydrogen-bond donors (Lipinski definition) is 9. The Kier molecular flexibility index (Phi) is 23.8. The van der Waals surface area contributed by atoms with E-state index >= 15 is 4.39 Å². The zero-order chi connectivity index (χ0) is 56.2. The highest BCUT2D eigenvalue weighted by atomic mass is 19.1. The molecule has 0 bridgehead atoms. The maximum Gasteiger partial charge on any atom is 0.304 e. The van der Waals surface area contributed by atoms with Crippen molar-refractivity contribution in [1.29, 1.82) is 0 Å². The fraction of sp³-hybridized carbons (Fsp3) is 0.471. The van der Waals surface area contributed by atoms with Crippen molar-refractivity contribution in [3.05, 3.63) is 83.7 Å². The number of carbonyl (C=O) groups is 11. The Bertz CT molecular complexity index is 2570. The predicted octanol–water partition coefficient (Wildman–Crippen LogP) is 1.65. The summed E-state index contributed by atoms with van der Waals surface area (Å²) in [4.78, 5) is 141. The van der Waals surface area contributed by atoms with Gasteiger partial charge in [-0.1, -0.05) is 51.1 Å². The van der Waals surface area contributed by atoms with Crippen LogP contribution < -0.4 is 32.3 Å². The Labute approximate surface area is 431 Å². The van der Waals surface area contributed by atoms with Crippen molar-refractivity contribution in [2.24, 2.45) is 17.1 Å². The lowest BCUT2D eigenvalue weighted by atomic mass is 9.82. The fourth-order valence-corrected chi connectivity index (χ4v) is 8.10. The van der Waals surface area contributed by atoms with Gasteiger partial charge in [0, 0.05) is 68.8 Å². The summed E-state index contributed by atoms with van der Waals surface area (Å²) in [6.07, 6.45) is -2.38. The van der Waals surface area contributed by atoms with Gasteiger partial charge in [0.2, 0.25) is 41.4 Å². The number of rotatable bonds is 31. The first-order chi connectivity index (χ1) is 35.2. The molecule has 0 aliphatic heterocycles. The summed E-state index contributed by atoms with van der Waals surface area (Å²) >= 11 is 0. The van der Waals surface area contributed by atoms with Crippen LogP contribution in [0.15, 0.2) is 60.8 Å². The van der Waals surface area contributed by atoms with Crippen LogP contribution in [0, 0.1) is 23.0 Å². The number of aliphatic hydroxyl groups excluding tert-OH is 1. The summed E-state index contributed by atoms with van der Waals surface area (Å²) in [5.74, 6) is -13.5. The third-order valence-corrected chi connectivity index (χ3v) is 11.7. The van der Waals surface area contributed by atoms with E-state index in [2.05, 4.69) is 26.6 Å². The maximum atomic E-state index is 15.4. The van der Waals surface area contributed by atoms with Crippen molar-refractivity contribution in [2.75, 3.05) is 26.2 Å². The summed E-state index contributed by atoms with van der Waals surface area (Å²) in [5.41, 5.74) is 5.87. The second-order valence-electron chi connectivity index (χ2n) is 19.0. The van der Waals surface area contributed by atoms with Gasteiger partial charge in [-0.3, -0.25) is 52.7 Å². The third-order valence-electron chi connectivity index (χ3n) is 11.7. The highest BCUT2D eigenvalue weighted by molar-refractivity contribution is 5.97. The summed E-state index contributed by atoms with van der Waals surface area (Å²) in [6.45, 7) is 5.84. The van der Waals surface area contributed by atoms with E-state index in [1.807, 2.05) is 12.1 Å². The molecule has 5 atom stereocenters. The minimum atomic E-state index is -1.88. The number of primary amides is 1. The molecule has 0 unspecified atom stereocenters. The Morgan fingerprint density at radius 1 is 0.773 bits per heavy atom. The van der Waals surface area contributed by atoms with Gasteiger partial charge in [-0.25, -0.2) is 8.78 Å². The molecule has 0 aliphatic rings. The molecule has 3 aromatic rings. The van der Waals surface area contributed by atoms with E-state index in [1.54, 1.807) is 55.8 Å². The summed E-state index contributed by atoms with van der Waals surface area (Å²) < 4.78 is 31.7. The van der Waals surface area contributed by atoms with Crippen LogP contribution in [0.5, 0.6) is 0 Å². The van der Waals surface area contributed by atoms with Crippen LogP contribution in [0.25, 0.3) is 11.1 Å². The number of nitrogens with one attached hydrogen (secondary N) is 5. The van der Waals surface area contributed by atoms with Crippen molar-refractivity contribution < 1.29 is 76.8 Å². The lowest BCUT2D eigenvalue weighted by molar-refractivity contribution is -0.143. The smallest absolute Gasteiger partial charge is 0.304 e. The molecule has 0 fully saturated rings. The number of hydrogen-bond acceptors (Lipinski definition) is 12. The van der Waals surface area contributed by atoms with E-state index < -0.39 is 164 Å². The molecule has 22 nitrogen and oxygen atoms in total. The molecular formula is C51H66F2N8O14. The number of carbonyl (C=O) groups excluding carboxylic acids is 9. The zero-order valence-corrected chi connectivity index (χ0v) is 42.4. The Morgan fingerprint density at radius 3 is 2.04 bits per heavy atom. The molecule has 0 spiro atoms. The highest BCUT2D eigenvalue weighted by Crippen LogP contribution is 2.41. The number of aliphatic carboxylic acids is 2. The van der Waals surface area contributed by atoms with Gasteiger partial charge in [0.25, 0.3) is 0 Å². The Hall–Kier alpha value is -7.89. The average Bonchev–Trinajstić information content (AvgIpc) is 3.73. The third kappa shape index (κ3) is 20.5. The van der Waals surface area contributed by atoms with Crippen LogP contribution in [0.4, 0.5) is 8.78 Å². The molecule has 10 N–H and O–H groups in total. The van der Waals surface area contributed by atoms with Crippen molar-refractivity contribution in [3.8, 4) is 11.1 Å². The van der Waals surface area contributed by atoms with Gasteiger partial charge >= 0.3 is 11.9 Å². The number of halogens is 2. The molecular weight excluding hydrogens is 987 g/mol. The van der Waals surface area contributed by atoms with Gasteiger partial charge in [0.05, 0.1) is 43.8 Å². The number of nitrogens with zero attached hydrogens (tertiary/aromatic N) is 2. The standard InChI is InChI=1S/C51H66F2N8O14/c1-29(57-30(2)63)41(65)21-32(22-46(71)72)48(73)59-39(24-42(54)66)50(75)58-38(49(74)55-18-9-12-35(64)25-56-43(67)15-16-45(69)70)17-19-61(44(68)28-62)47(51(3,4)5)40-20-33(36-23-34(52)13-14-37(36)53)27-60(40)26-31-10-7-6-8-11-31/h6-8,10-11,13-14,20,23,27,29,32,38-39,47,62H,9,12,15-19,21-22,24-26,28H2,1-5H3,(H2,54,66)(H,55,74)(H,56,67)(H,57,63)(H,58,75)(H,59,73)(H,69,70)(H,71,72)/t29-,32+,38-,39-,47-/m0/s1. The van der Waals surface area contributed by atoms with Crippen molar-refractivity contribution in [2.45, 2.75) is 117 Å². The minimum absolute atomic E-state index is 0.00526. The van der Waals surface area contributed by atoms with E-state index in [0.29, 0.717) is 5.69 Å². The van der Waals surface area contributed by atoms with E-state index in [0.717, 1.165) is 30.7 Å². The van der Waals surface area contributed by atoms with E-state index in [4.69, 9.17) is 10.8 Å². The quantitative estimate of drug-likeness (QED) is 0.0414. The van der Waals surface area contributed by atoms with Crippen molar-refractivity contribution >= 4 is 64.9 Å². The van der Waals surface area contributed by atoms with Gasteiger partial charge in [-0.2, -0.15) is 0 Å². The molecule has 1 heterocycles. The van der Waals surface area contributed by atoms with Gasteiger partial charge in [-0.05, 0) is 55.0 Å². The first kappa shape index (κ1) is 61.4. The van der Waals surface area contributed by atoms with Gasteiger partial charge in [0.15, 0.2) is 11.6 Å². The first-order valence-corrected chi connectivity index (χ1v) is 24.0. The SMILES string of the molecule is CC(=O)N[C@@H](C)C(=O)C[C@H](CC(=O)O)C(=O)N[C@@H](CC(N)=O)C(=O)N[C@@H](CCN(C(=O)CO)[C@@H](c1cc(-c2cc(F)ccc2F)cn1Cc1ccccc1)C(C)(C)C)C(=O)NCCCC(=O)CNC(=O)CCC(=O)O. The van der Waals surface area contributed by atoms with Crippen LogP contribution in [-0.2, 0) is 59.3 Å². The van der Waals surface area contributed by atoms with Crippen LogP contribution in [-0.4, -0.2) is 134 Å². The van der Waals surface area contributed by atoms with Crippen molar-refractivity contribution in [3.63, 3.8) is 0 Å². The molecule has 1 aromatic heterocycles. The fourth-order valence-electron chi connectivity index (χ4n) is 8.10. The normalized spacial score (nSPS) is 13.2. The first-order valence-electron chi connectivity index (χ1n) is 24.0. The van der Waals surface area contributed by atoms with Crippen LogP contribution in [0.1, 0.15) is 103 Å². The predicted molar refractivity (Wildman–Crippen MR) is 264 cm³/mol. The second kappa shape index (κ2) is 29.1. The number of ketones is 2. The topological polar surface area (TPSA) is 343 Å². The molecule has 75 heavy (non-hydrogen) atoms. The largest absolute Gasteiger partial charge is 0.481 e. The van der Waals surface area contributed by atoms with Gasteiger partial charge in [-0.15, -0.1) is 0 Å². The highest BCUT2D eigenvalue weighted by Gasteiger charge is 2.39. The second-order valence-corrected chi connectivity index (χ2v) is 19.0. The van der Waals surface area contributed by atoms with Gasteiger partial charge < -0.3 is 57.1 Å². The summed E-state index contributed by atoms with van der Waals surface area (Å²) in [5, 5.41) is 40.8. The van der Waals surface area contributed by atoms with E-state index in [1.165, 1.54) is 11.8 Å². The number of Topliss-reactive ketones (excluding diaryl/α,β-unsaturated/α-hetero) is 2. The molecule has 2 aromatic carbocycles. The number of aromatic nitrogens is 1. The lowest BCUT2D eigenvalue weighted by Crippen LogP contribution is -2.56. The number of aliphatic hydroxyl groups is 1. The maximum absolute atomic E-state index is 15.4. The molecule has 0 saturated heterocycles.